The third-order valence-electron chi connectivity index (χ3n) is 1.21. The number of nitrogens with two attached hydrogens (primary N) is 1. The standard InChI is InChI=1S/C6H10N2O2/c1-6(2,5(7)10)3-8-4-9/h3H2,1-2H3,(H2,7,10). The molecular weight excluding hydrogens is 132 g/mol. The van der Waals surface area contributed by atoms with Gasteiger partial charge in [-0.15, -0.1) is 0 Å². The number of rotatable bonds is 3. The van der Waals surface area contributed by atoms with Crippen molar-refractivity contribution < 1.29 is 9.59 Å². The number of carbonyl (C=O) groups excluding carboxylic acids is 2. The van der Waals surface area contributed by atoms with Gasteiger partial charge < -0.3 is 5.73 Å². The molecule has 0 heterocycles. The zero-order valence-corrected chi connectivity index (χ0v) is 6.05. The quantitative estimate of drug-likeness (QED) is 0.439. The van der Waals surface area contributed by atoms with Crippen LogP contribution >= 0.6 is 0 Å². The van der Waals surface area contributed by atoms with E-state index in [9.17, 15) is 9.59 Å². The van der Waals surface area contributed by atoms with Crippen LogP contribution in [0.1, 0.15) is 13.8 Å². The summed E-state index contributed by atoms with van der Waals surface area (Å²) in [5.41, 5.74) is 4.24. The smallest absolute Gasteiger partial charge is 0.234 e. The minimum Gasteiger partial charge on any atom is -0.369 e. The van der Waals surface area contributed by atoms with E-state index < -0.39 is 11.3 Å². The lowest BCUT2D eigenvalue weighted by atomic mass is 9.93. The van der Waals surface area contributed by atoms with Crippen molar-refractivity contribution in [1.82, 2.24) is 0 Å². The van der Waals surface area contributed by atoms with Gasteiger partial charge >= 0.3 is 0 Å². The van der Waals surface area contributed by atoms with E-state index in [0.29, 0.717) is 0 Å². The minimum atomic E-state index is -0.739. The van der Waals surface area contributed by atoms with E-state index >= 15 is 0 Å². The summed E-state index contributed by atoms with van der Waals surface area (Å²) in [5.74, 6) is -0.466. The zero-order valence-electron chi connectivity index (χ0n) is 6.05. The highest BCUT2D eigenvalue weighted by atomic mass is 16.1. The lowest BCUT2D eigenvalue weighted by molar-refractivity contribution is -0.125. The van der Waals surface area contributed by atoms with Crippen molar-refractivity contribution in [3.63, 3.8) is 0 Å². The number of amides is 1. The molecule has 4 nitrogen and oxygen atoms in total. The van der Waals surface area contributed by atoms with Crippen LogP contribution in [0.5, 0.6) is 0 Å². The molecule has 0 radical (unpaired) electrons. The molecule has 0 aromatic heterocycles. The number of hydrogen-bond acceptors (Lipinski definition) is 3. The first kappa shape index (κ1) is 8.85. The highest BCUT2D eigenvalue weighted by Crippen LogP contribution is 2.13. The molecule has 2 N–H and O–H groups in total. The lowest BCUT2D eigenvalue weighted by Gasteiger charge is -2.15. The van der Waals surface area contributed by atoms with Crippen LogP contribution in [0.3, 0.4) is 0 Å². The van der Waals surface area contributed by atoms with Gasteiger partial charge in [-0.05, 0) is 13.8 Å². The predicted octanol–water partition coefficient (Wildman–Crippen LogP) is -0.166. The number of isocyanates is 1. The van der Waals surface area contributed by atoms with E-state index in [1.807, 2.05) is 0 Å². The van der Waals surface area contributed by atoms with Gasteiger partial charge in [-0.3, -0.25) is 4.79 Å². The molecule has 0 atom stereocenters. The molecule has 0 aliphatic heterocycles. The summed E-state index contributed by atoms with van der Waals surface area (Å²) in [7, 11) is 0. The SMILES string of the molecule is CC(C)(CN=C=O)C(N)=O. The van der Waals surface area contributed by atoms with Crippen LogP contribution in [-0.2, 0) is 9.59 Å². The molecule has 0 saturated heterocycles. The molecule has 0 aromatic carbocycles. The maximum Gasteiger partial charge on any atom is 0.234 e. The Morgan fingerprint density at radius 2 is 2.20 bits per heavy atom. The van der Waals surface area contributed by atoms with Crippen LogP contribution in [0.25, 0.3) is 0 Å². The van der Waals surface area contributed by atoms with Crippen molar-refractivity contribution in [2.75, 3.05) is 6.54 Å². The molecule has 0 spiro atoms. The molecule has 4 heteroatoms. The van der Waals surface area contributed by atoms with Crippen LogP contribution in [0.2, 0.25) is 0 Å². The Morgan fingerprint density at radius 1 is 1.70 bits per heavy atom. The Labute approximate surface area is 59.1 Å². The Morgan fingerprint density at radius 3 is 2.50 bits per heavy atom. The highest BCUT2D eigenvalue weighted by Gasteiger charge is 2.23. The minimum absolute atomic E-state index is 0.103. The van der Waals surface area contributed by atoms with Gasteiger partial charge in [0.15, 0.2) is 0 Å². The van der Waals surface area contributed by atoms with Crippen LogP contribution < -0.4 is 5.73 Å². The molecule has 0 unspecified atom stereocenters. The van der Waals surface area contributed by atoms with Crippen LogP contribution in [-0.4, -0.2) is 18.5 Å². The van der Waals surface area contributed by atoms with Crippen molar-refractivity contribution in [3.05, 3.63) is 0 Å². The van der Waals surface area contributed by atoms with E-state index in [4.69, 9.17) is 5.73 Å². The third kappa shape index (κ3) is 2.42. The van der Waals surface area contributed by atoms with E-state index in [1.54, 1.807) is 13.8 Å². The van der Waals surface area contributed by atoms with Gasteiger partial charge in [-0.1, -0.05) is 0 Å². The third-order valence-corrected chi connectivity index (χ3v) is 1.21. The van der Waals surface area contributed by atoms with Gasteiger partial charge in [0.1, 0.15) is 0 Å². The number of carbonyl (C=O) groups is 1. The fourth-order valence-corrected chi connectivity index (χ4v) is 0.308. The molecule has 0 rings (SSSR count). The van der Waals surface area contributed by atoms with E-state index in [2.05, 4.69) is 4.99 Å². The Bertz CT molecular complexity index is 180. The summed E-state index contributed by atoms with van der Waals surface area (Å²) >= 11 is 0. The second-order valence-corrected chi connectivity index (χ2v) is 2.66. The summed E-state index contributed by atoms with van der Waals surface area (Å²) in [6.07, 6.45) is 1.35. The number of nitrogens with zero attached hydrogens (tertiary/aromatic N) is 1. The fourth-order valence-electron chi connectivity index (χ4n) is 0.308. The molecule has 10 heavy (non-hydrogen) atoms. The Hall–Kier alpha value is -1.15. The van der Waals surface area contributed by atoms with E-state index in [1.165, 1.54) is 6.08 Å². The number of hydrogen-bond donors (Lipinski definition) is 1. The Balaban J connectivity index is 4.12. The maximum absolute atomic E-state index is 10.6. The van der Waals surface area contributed by atoms with Gasteiger partial charge in [-0.25, -0.2) is 9.79 Å². The van der Waals surface area contributed by atoms with Crippen molar-refractivity contribution in [1.29, 1.82) is 0 Å². The summed E-state index contributed by atoms with van der Waals surface area (Å²) in [5, 5.41) is 0. The summed E-state index contributed by atoms with van der Waals surface area (Å²) < 4.78 is 0. The van der Waals surface area contributed by atoms with Gasteiger partial charge in [0, 0.05) is 0 Å². The highest BCUT2D eigenvalue weighted by molar-refractivity contribution is 5.80. The van der Waals surface area contributed by atoms with Gasteiger partial charge in [0.05, 0.1) is 12.0 Å². The average Bonchev–Trinajstić information content (AvgIpc) is 1.84. The van der Waals surface area contributed by atoms with Crippen LogP contribution in [0.4, 0.5) is 0 Å². The van der Waals surface area contributed by atoms with Gasteiger partial charge in [0.2, 0.25) is 12.0 Å². The van der Waals surface area contributed by atoms with Crippen molar-refractivity contribution >= 4 is 12.0 Å². The van der Waals surface area contributed by atoms with Crippen LogP contribution in [0.15, 0.2) is 4.99 Å². The topological polar surface area (TPSA) is 72.5 Å². The second kappa shape index (κ2) is 3.13. The summed E-state index contributed by atoms with van der Waals surface area (Å²) in [6.45, 7) is 3.35. The van der Waals surface area contributed by atoms with Gasteiger partial charge in [-0.2, -0.15) is 0 Å². The second-order valence-electron chi connectivity index (χ2n) is 2.66. The molecule has 0 aliphatic carbocycles. The van der Waals surface area contributed by atoms with Gasteiger partial charge in [0.25, 0.3) is 0 Å². The van der Waals surface area contributed by atoms with Crippen LogP contribution in [0, 0.1) is 5.41 Å². The first-order valence-corrected chi connectivity index (χ1v) is 2.84. The summed E-state index contributed by atoms with van der Waals surface area (Å²) in [6, 6.07) is 0. The van der Waals surface area contributed by atoms with Crippen molar-refractivity contribution in [2.45, 2.75) is 13.8 Å². The Kier molecular flexibility index (Phi) is 2.77. The normalized spacial score (nSPS) is 10.2. The predicted molar refractivity (Wildman–Crippen MR) is 36.0 cm³/mol. The molecular formula is C6H10N2O2. The largest absolute Gasteiger partial charge is 0.369 e. The fraction of sp³-hybridized carbons (Fsp3) is 0.667. The zero-order chi connectivity index (χ0) is 8.20. The molecule has 0 fully saturated rings. The molecule has 0 saturated carbocycles. The monoisotopic (exact) mass is 142 g/mol. The number of aliphatic imine (C=N–C) groups is 1. The van der Waals surface area contributed by atoms with Crippen molar-refractivity contribution in [3.8, 4) is 0 Å². The number of primary amides is 1. The van der Waals surface area contributed by atoms with E-state index in [0.717, 1.165) is 0 Å². The molecule has 0 aromatic rings. The summed E-state index contributed by atoms with van der Waals surface area (Å²) in [4.78, 5) is 23.4. The average molecular weight is 142 g/mol. The first-order valence-electron chi connectivity index (χ1n) is 2.84. The lowest BCUT2D eigenvalue weighted by Crippen LogP contribution is -2.33. The van der Waals surface area contributed by atoms with Crippen molar-refractivity contribution in [2.24, 2.45) is 16.1 Å². The first-order chi connectivity index (χ1) is 4.50. The molecule has 0 bridgehead atoms. The van der Waals surface area contributed by atoms with E-state index in [-0.39, 0.29) is 6.54 Å². The molecule has 1 amide bonds. The molecule has 0 aliphatic rings. The maximum atomic E-state index is 10.6. The molecule has 56 valence electrons.